The Balaban J connectivity index is 1.91. The van der Waals surface area contributed by atoms with Crippen LogP contribution >= 0.6 is 0 Å². The normalized spacial score (nSPS) is 24.3. The zero-order valence-electron chi connectivity index (χ0n) is 18.6. The van der Waals surface area contributed by atoms with Crippen LogP contribution in [-0.4, -0.2) is 82.2 Å². The van der Waals surface area contributed by atoms with Crippen molar-refractivity contribution in [2.75, 3.05) is 20.8 Å². The molecule has 3 aromatic rings. The number of methoxy groups -OCH3 is 2. The Hall–Kier alpha value is -3.55. The van der Waals surface area contributed by atoms with Gasteiger partial charge in [-0.05, 0) is 18.2 Å². The molecule has 0 saturated carbocycles. The molecular formula is C23H24O12. The molecule has 0 bridgehead atoms. The number of aromatic hydroxyl groups is 2. The highest BCUT2D eigenvalue weighted by Crippen LogP contribution is 2.39. The summed E-state index contributed by atoms with van der Waals surface area (Å²) in [4.78, 5) is 13.5. The Morgan fingerprint density at radius 3 is 2.31 bits per heavy atom. The summed E-state index contributed by atoms with van der Waals surface area (Å²) in [6.07, 6.45) is -8.22. The highest BCUT2D eigenvalue weighted by atomic mass is 16.7. The quantitative estimate of drug-likeness (QED) is 0.272. The van der Waals surface area contributed by atoms with Gasteiger partial charge in [0.15, 0.2) is 17.3 Å². The van der Waals surface area contributed by atoms with Crippen LogP contribution in [0.25, 0.3) is 22.3 Å². The van der Waals surface area contributed by atoms with Crippen molar-refractivity contribution in [1.82, 2.24) is 0 Å². The SMILES string of the molecule is COc1cc(O)c2c(=O)c(O[C@@H]3O[C@@H](CO)[C@H](O)[C@H](O)[C@@H]3O)c(-c3ccc(OC)c(O)c3)oc2c1. The van der Waals surface area contributed by atoms with Crippen molar-refractivity contribution in [3.63, 3.8) is 0 Å². The van der Waals surface area contributed by atoms with Crippen molar-refractivity contribution >= 4 is 11.0 Å². The van der Waals surface area contributed by atoms with Gasteiger partial charge in [0, 0.05) is 17.7 Å². The molecule has 12 nitrogen and oxygen atoms in total. The summed E-state index contributed by atoms with van der Waals surface area (Å²) in [6.45, 7) is -0.711. The largest absolute Gasteiger partial charge is 0.507 e. The van der Waals surface area contributed by atoms with Crippen molar-refractivity contribution in [2.45, 2.75) is 30.7 Å². The molecule has 188 valence electrons. The van der Waals surface area contributed by atoms with Crippen LogP contribution in [0.1, 0.15) is 0 Å². The minimum Gasteiger partial charge on any atom is -0.507 e. The summed E-state index contributed by atoms with van der Waals surface area (Å²) in [5, 5.41) is 60.4. The highest BCUT2D eigenvalue weighted by molar-refractivity contribution is 5.88. The van der Waals surface area contributed by atoms with Crippen LogP contribution in [0.15, 0.2) is 39.5 Å². The second kappa shape index (κ2) is 9.60. The summed E-state index contributed by atoms with van der Waals surface area (Å²) in [5.74, 6) is -1.16. The number of ether oxygens (including phenoxy) is 4. The number of hydrogen-bond donors (Lipinski definition) is 6. The van der Waals surface area contributed by atoms with Crippen molar-refractivity contribution in [1.29, 1.82) is 0 Å². The maximum atomic E-state index is 13.5. The Labute approximate surface area is 197 Å². The number of aliphatic hydroxyl groups is 4. The summed E-state index contributed by atoms with van der Waals surface area (Å²) in [6, 6.07) is 6.66. The fraction of sp³-hybridized carbons (Fsp3) is 0.348. The Morgan fingerprint density at radius 2 is 1.69 bits per heavy atom. The van der Waals surface area contributed by atoms with E-state index >= 15 is 0 Å². The second-order valence-electron chi connectivity index (χ2n) is 7.81. The average molecular weight is 492 g/mol. The zero-order valence-corrected chi connectivity index (χ0v) is 18.6. The lowest BCUT2D eigenvalue weighted by Gasteiger charge is -2.39. The lowest BCUT2D eigenvalue weighted by atomic mass is 9.99. The van der Waals surface area contributed by atoms with E-state index in [1.807, 2.05) is 0 Å². The summed E-state index contributed by atoms with van der Waals surface area (Å²) >= 11 is 0. The van der Waals surface area contributed by atoms with Gasteiger partial charge >= 0.3 is 0 Å². The predicted molar refractivity (Wildman–Crippen MR) is 119 cm³/mol. The van der Waals surface area contributed by atoms with Gasteiger partial charge in [0.2, 0.25) is 17.5 Å². The lowest BCUT2D eigenvalue weighted by Crippen LogP contribution is -2.60. The minimum absolute atomic E-state index is 0.0710. The predicted octanol–water partition coefficient (Wildman–Crippen LogP) is 0.0671. The highest BCUT2D eigenvalue weighted by Gasteiger charge is 2.45. The van der Waals surface area contributed by atoms with E-state index in [1.54, 1.807) is 0 Å². The number of phenolic OH excluding ortho intramolecular Hbond substituents is 2. The fourth-order valence-corrected chi connectivity index (χ4v) is 3.78. The first kappa shape index (κ1) is 24.6. The van der Waals surface area contributed by atoms with E-state index < -0.39 is 54.2 Å². The zero-order chi connectivity index (χ0) is 25.4. The molecule has 0 spiro atoms. The molecule has 1 aromatic heterocycles. The van der Waals surface area contributed by atoms with Gasteiger partial charge in [0.1, 0.15) is 46.9 Å². The van der Waals surface area contributed by atoms with E-state index in [-0.39, 0.29) is 39.5 Å². The third-order valence-corrected chi connectivity index (χ3v) is 5.67. The Bertz CT molecular complexity index is 1280. The first-order valence-electron chi connectivity index (χ1n) is 10.4. The first-order valence-corrected chi connectivity index (χ1v) is 10.4. The molecular weight excluding hydrogens is 468 g/mol. The van der Waals surface area contributed by atoms with Crippen molar-refractivity contribution in [3.05, 3.63) is 40.6 Å². The molecule has 0 radical (unpaired) electrons. The number of phenols is 2. The summed E-state index contributed by atoms with van der Waals surface area (Å²) in [7, 11) is 2.71. The van der Waals surface area contributed by atoms with Crippen LogP contribution in [-0.2, 0) is 4.74 Å². The number of rotatable bonds is 6. The van der Waals surface area contributed by atoms with Crippen LogP contribution in [0.5, 0.6) is 28.7 Å². The molecule has 0 unspecified atom stereocenters. The van der Waals surface area contributed by atoms with E-state index in [1.165, 1.54) is 44.6 Å². The third-order valence-electron chi connectivity index (χ3n) is 5.67. The molecule has 5 atom stereocenters. The minimum atomic E-state index is -1.82. The number of hydrogen-bond acceptors (Lipinski definition) is 12. The fourth-order valence-electron chi connectivity index (χ4n) is 3.78. The first-order chi connectivity index (χ1) is 16.7. The average Bonchev–Trinajstić information content (AvgIpc) is 2.85. The smallest absolute Gasteiger partial charge is 0.239 e. The van der Waals surface area contributed by atoms with Gasteiger partial charge in [-0.1, -0.05) is 0 Å². The van der Waals surface area contributed by atoms with Gasteiger partial charge in [0.05, 0.1) is 20.8 Å². The molecule has 1 saturated heterocycles. The Kier molecular flexibility index (Phi) is 6.74. The van der Waals surface area contributed by atoms with E-state index in [0.29, 0.717) is 0 Å². The van der Waals surface area contributed by atoms with Crippen molar-refractivity contribution in [2.24, 2.45) is 0 Å². The molecule has 0 amide bonds. The standard InChI is InChI=1S/C23H24O12/c1-31-10-6-12(26)16-14(7-10)33-21(9-3-4-13(32-2)11(25)5-9)22(18(16)28)35-23-20(30)19(29)17(27)15(8-24)34-23/h3-7,15,17,19-20,23-27,29-30H,8H2,1-2H3/t15-,17-,19-,20-,23-/m0/s1. The van der Waals surface area contributed by atoms with Crippen LogP contribution < -0.4 is 19.6 Å². The van der Waals surface area contributed by atoms with Gasteiger partial charge in [-0.25, -0.2) is 0 Å². The molecule has 6 N–H and O–H groups in total. The summed E-state index contributed by atoms with van der Waals surface area (Å²) in [5.41, 5.74) is -0.781. The molecule has 0 aliphatic carbocycles. The van der Waals surface area contributed by atoms with E-state index in [9.17, 15) is 35.4 Å². The van der Waals surface area contributed by atoms with Crippen molar-refractivity contribution < 1.29 is 54.0 Å². The molecule has 1 aliphatic rings. The van der Waals surface area contributed by atoms with Gasteiger partial charge in [-0.15, -0.1) is 0 Å². The molecule has 2 heterocycles. The van der Waals surface area contributed by atoms with Gasteiger partial charge in [-0.3, -0.25) is 4.79 Å². The molecule has 4 rings (SSSR count). The lowest BCUT2D eigenvalue weighted by molar-refractivity contribution is -0.277. The van der Waals surface area contributed by atoms with Crippen LogP contribution in [0.2, 0.25) is 0 Å². The number of benzene rings is 2. The molecule has 12 heteroatoms. The molecule has 35 heavy (non-hydrogen) atoms. The van der Waals surface area contributed by atoms with Crippen LogP contribution in [0, 0.1) is 0 Å². The van der Waals surface area contributed by atoms with Crippen LogP contribution in [0.4, 0.5) is 0 Å². The monoisotopic (exact) mass is 492 g/mol. The Morgan fingerprint density at radius 1 is 0.943 bits per heavy atom. The van der Waals surface area contributed by atoms with Gasteiger partial charge in [0.25, 0.3) is 0 Å². The maximum Gasteiger partial charge on any atom is 0.239 e. The van der Waals surface area contributed by atoms with E-state index in [2.05, 4.69) is 0 Å². The maximum absolute atomic E-state index is 13.5. The second-order valence-corrected chi connectivity index (χ2v) is 7.81. The number of fused-ring (bicyclic) bond motifs is 1. The van der Waals surface area contributed by atoms with Crippen molar-refractivity contribution in [3.8, 4) is 40.1 Å². The van der Waals surface area contributed by atoms with E-state index in [0.717, 1.165) is 0 Å². The third kappa shape index (κ3) is 4.33. The van der Waals surface area contributed by atoms with E-state index in [4.69, 9.17) is 23.4 Å². The van der Waals surface area contributed by atoms with Crippen LogP contribution in [0.3, 0.4) is 0 Å². The molecule has 1 fully saturated rings. The topological polar surface area (TPSA) is 189 Å². The molecule has 1 aliphatic heterocycles. The van der Waals surface area contributed by atoms with Gasteiger partial charge in [-0.2, -0.15) is 0 Å². The summed E-state index contributed by atoms with van der Waals surface area (Å²) < 4.78 is 27.0. The number of aliphatic hydroxyl groups excluding tert-OH is 4. The molecule has 2 aromatic carbocycles. The van der Waals surface area contributed by atoms with Gasteiger partial charge < -0.3 is 54.0 Å².